The van der Waals surface area contributed by atoms with Crippen molar-refractivity contribution < 1.29 is 9.45 Å². The van der Waals surface area contributed by atoms with Gasteiger partial charge in [-0.25, -0.2) is 0 Å². The van der Waals surface area contributed by atoms with E-state index in [0.29, 0.717) is 22.0 Å². The Kier molecular flexibility index (Phi) is 3.37. The summed E-state index contributed by atoms with van der Waals surface area (Å²) in [5, 5.41) is 15.1. The lowest BCUT2D eigenvalue weighted by Gasteiger charge is -1.96. The maximum absolute atomic E-state index is 10.8. The normalized spacial score (nSPS) is 10.5. The van der Waals surface area contributed by atoms with Crippen molar-refractivity contribution in [3.8, 4) is 22.8 Å². The Morgan fingerprint density at radius 2 is 1.95 bits per heavy atom. The highest BCUT2D eigenvalue weighted by atomic mass is 35.5. The molecule has 3 aromatic rings. The molecule has 0 bridgehead atoms. The number of hydrogen-bond donors (Lipinski definition) is 0. The molecule has 0 atom stereocenters. The maximum Gasteiger partial charge on any atom is 0.270 e. The van der Waals surface area contributed by atoms with Crippen LogP contribution >= 0.6 is 11.6 Å². The Labute approximate surface area is 124 Å². The fraction of sp³-hybridized carbons (Fsp3) is 0. The van der Waals surface area contributed by atoms with Gasteiger partial charge in [-0.3, -0.25) is 10.1 Å². The average molecular weight is 302 g/mol. The lowest BCUT2D eigenvalue weighted by atomic mass is 10.2. The number of non-ortho nitro benzene ring substituents is 1. The van der Waals surface area contributed by atoms with E-state index in [1.165, 1.54) is 12.1 Å². The van der Waals surface area contributed by atoms with E-state index in [2.05, 4.69) is 10.1 Å². The van der Waals surface area contributed by atoms with Crippen LogP contribution in [-0.4, -0.2) is 15.1 Å². The number of hydrogen-bond acceptors (Lipinski definition) is 5. The predicted octanol–water partition coefficient (Wildman–Crippen LogP) is 3.97. The second-order valence-corrected chi connectivity index (χ2v) is 4.62. The molecule has 0 aliphatic heterocycles. The number of benzene rings is 2. The first-order valence-electron chi connectivity index (χ1n) is 5.98. The molecule has 0 aliphatic carbocycles. The van der Waals surface area contributed by atoms with Crippen molar-refractivity contribution in [3.05, 3.63) is 63.7 Å². The number of nitrogens with zero attached hydrogens (tertiary/aromatic N) is 3. The highest BCUT2D eigenvalue weighted by Gasteiger charge is 2.15. The molecular weight excluding hydrogens is 294 g/mol. The van der Waals surface area contributed by atoms with Crippen LogP contribution in [-0.2, 0) is 0 Å². The Morgan fingerprint density at radius 3 is 2.71 bits per heavy atom. The fourth-order valence-electron chi connectivity index (χ4n) is 1.85. The minimum absolute atomic E-state index is 0.0370. The molecule has 0 spiro atoms. The molecule has 0 radical (unpaired) electrons. The van der Waals surface area contributed by atoms with E-state index in [-0.39, 0.29) is 11.6 Å². The molecular formula is C14H8ClN3O3. The lowest BCUT2D eigenvalue weighted by Crippen LogP contribution is -1.88. The van der Waals surface area contributed by atoms with Crippen LogP contribution in [0.5, 0.6) is 0 Å². The number of rotatable bonds is 3. The molecule has 104 valence electrons. The maximum atomic E-state index is 10.8. The smallest absolute Gasteiger partial charge is 0.270 e. The molecule has 6 nitrogen and oxygen atoms in total. The summed E-state index contributed by atoms with van der Waals surface area (Å²) in [6.45, 7) is 0. The van der Waals surface area contributed by atoms with Gasteiger partial charge >= 0.3 is 0 Å². The Bertz CT molecular complexity index is 816. The van der Waals surface area contributed by atoms with Crippen molar-refractivity contribution in [1.82, 2.24) is 10.1 Å². The lowest BCUT2D eigenvalue weighted by molar-refractivity contribution is -0.384. The van der Waals surface area contributed by atoms with Crippen LogP contribution in [0, 0.1) is 10.1 Å². The highest BCUT2D eigenvalue weighted by Crippen LogP contribution is 2.28. The minimum Gasteiger partial charge on any atom is -0.334 e. The third-order valence-corrected chi connectivity index (χ3v) is 3.17. The van der Waals surface area contributed by atoms with Gasteiger partial charge in [-0.2, -0.15) is 4.98 Å². The summed E-state index contributed by atoms with van der Waals surface area (Å²) in [7, 11) is 0. The van der Waals surface area contributed by atoms with Gasteiger partial charge in [0, 0.05) is 23.3 Å². The molecule has 0 saturated carbocycles. The fourth-order valence-corrected chi connectivity index (χ4v) is 2.07. The van der Waals surface area contributed by atoms with Gasteiger partial charge in [0.15, 0.2) is 0 Å². The zero-order valence-corrected chi connectivity index (χ0v) is 11.3. The van der Waals surface area contributed by atoms with E-state index < -0.39 is 4.92 Å². The van der Waals surface area contributed by atoms with Gasteiger partial charge in [0.05, 0.1) is 9.95 Å². The number of aromatic nitrogens is 2. The van der Waals surface area contributed by atoms with Crippen molar-refractivity contribution in [2.75, 3.05) is 0 Å². The van der Waals surface area contributed by atoms with E-state index in [4.69, 9.17) is 16.1 Å². The standard InChI is InChI=1S/C14H8ClN3O3/c15-12-7-2-1-6-11(12)13-16-14(21-17-13)9-4-3-5-10(8-9)18(19)20/h1-8H. The monoisotopic (exact) mass is 301 g/mol. The molecule has 0 amide bonds. The molecule has 2 aromatic carbocycles. The van der Waals surface area contributed by atoms with Gasteiger partial charge in [-0.15, -0.1) is 0 Å². The van der Waals surface area contributed by atoms with Gasteiger partial charge in [-0.05, 0) is 18.2 Å². The first kappa shape index (κ1) is 13.3. The van der Waals surface area contributed by atoms with Crippen LogP contribution in [0.3, 0.4) is 0 Å². The van der Waals surface area contributed by atoms with Crippen LogP contribution in [0.4, 0.5) is 5.69 Å². The van der Waals surface area contributed by atoms with Gasteiger partial charge in [-0.1, -0.05) is 35.0 Å². The number of nitro groups is 1. The molecule has 3 rings (SSSR count). The predicted molar refractivity (Wildman–Crippen MR) is 76.8 cm³/mol. The molecule has 0 aliphatic rings. The zero-order valence-electron chi connectivity index (χ0n) is 10.6. The summed E-state index contributed by atoms with van der Waals surface area (Å²) in [6, 6.07) is 13.1. The highest BCUT2D eigenvalue weighted by molar-refractivity contribution is 6.33. The third kappa shape index (κ3) is 2.61. The second-order valence-electron chi connectivity index (χ2n) is 4.21. The van der Waals surface area contributed by atoms with Crippen molar-refractivity contribution in [1.29, 1.82) is 0 Å². The van der Waals surface area contributed by atoms with Crippen molar-refractivity contribution >= 4 is 17.3 Å². The summed E-state index contributed by atoms with van der Waals surface area (Å²) in [6.07, 6.45) is 0. The van der Waals surface area contributed by atoms with Gasteiger partial charge in [0.2, 0.25) is 5.82 Å². The molecule has 21 heavy (non-hydrogen) atoms. The Balaban J connectivity index is 2.01. The Morgan fingerprint density at radius 1 is 1.14 bits per heavy atom. The summed E-state index contributed by atoms with van der Waals surface area (Å²) < 4.78 is 5.15. The number of halogens is 1. The number of nitro benzene ring substituents is 1. The van der Waals surface area contributed by atoms with E-state index in [0.717, 1.165) is 0 Å². The molecule has 1 aromatic heterocycles. The first-order valence-corrected chi connectivity index (χ1v) is 6.36. The molecule has 1 heterocycles. The van der Waals surface area contributed by atoms with Crippen LogP contribution < -0.4 is 0 Å². The third-order valence-electron chi connectivity index (χ3n) is 2.84. The molecule has 0 N–H and O–H groups in total. The molecule has 7 heteroatoms. The SMILES string of the molecule is O=[N+]([O-])c1cccc(-c2nc(-c3ccccc3Cl)no2)c1. The van der Waals surface area contributed by atoms with Crippen LogP contribution in [0.25, 0.3) is 22.8 Å². The zero-order chi connectivity index (χ0) is 14.8. The van der Waals surface area contributed by atoms with Crippen molar-refractivity contribution in [2.45, 2.75) is 0 Å². The van der Waals surface area contributed by atoms with Gasteiger partial charge < -0.3 is 4.52 Å². The first-order chi connectivity index (χ1) is 10.1. The van der Waals surface area contributed by atoms with E-state index >= 15 is 0 Å². The summed E-state index contributed by atoms with van der Waals surface area (Å²) in [4.78, 5) is 14.5. The van der Waals surface area contributed by atoms with Gasteiger partial charge in [0.25, 0.3) is 11.6 Å². The van der Waals surface area contributed by atoms with Crippen LogP contribution in [0.15, 0.2) is 53.1 Å². The molecule has 0 fully saturated rings. The van der Waals surface area contributed by atoms with Crippen molar-refractivity contribution in [2.24, 2.45) is 0 Å². The largest absolute Gasteiger partial charge is 0.334 e. The van der Waals surface area contributed by atoms with E-state index in [9.17, 15) is 10.1 Å². The second kappa shape index (κ2) is 5.34. The average Bonchev–Trinajstić information content (AvgIpc) is 2.97. The molecule has 0 saturated heterocycles. The summed E-state index contributed by atoms with van der Waals surface area (Å²) in [5.74, 6) is 0.538. The van der Waals surface area contributed by atoms with E-state index in [1.54, 1.807) is 30.3 Å². The van der Waals surface area contributed by atoms with Crippen LogP contribution in [0.1, 0.15) is 0 Å². The quantitative estimate of drug-likeness (QED) is 0.540. The van der Waals surface area contributed by atoms with E-state index in [1.807, 2.05) is 6.07 Å². The summed E-state index contributed by atoms with van der Waals surface area (Å²) >= 11 is 6.07. The minimum atomic E-state index is -0.477. The summed E-state index contributed by atoms with van der Waals surface area (Å²) in [5.41, 5.74) is 1.08. The molecule has 0 unspecified atom stereocenters. The van der Waals surface area contributed by atoms with Crippen molar-refractivity contribution in [3.63, 3.8) is 0 Å². The topological polar surface area (TPSA) is 82.1 Å². The van der Waals surface area contributed by atoms with Gasteiger partial charge in [0.1, 0.15) is 0 Å². The van der Waals surface area contributed by atoms with Crippen LogP contribution in [0.2, 0.25) is 5.02 Å². The Hall–Kier alpha value is -2.73.